The number of allylic oxidation sites excluding steroid dienone is 2. The molecule has 0 spiro atoms. The van der Waals surface area contributed by atoms with Gasteiger partial charge in [0.1, 0.15) is 0 Å². The lowest BCUT2D eigenvalue weighted by atomic mass is 9.82. The van der Waals surface area contributed by atoms with Gasteiger partial charge in [0, 0.05) is 6.04 Å². The zero-order valence-corrected chi connectivity index (χ0v) is 15.3. The lowest BCUT2D eigenvalue weighted by Crippen LogP contribution is -2.44. The third-order valence-corrected chi connectivity index (χ3v) is 6.50. The van der Waals surface area contributed by atoms with Gasteiger partial charge in [0.2, 0.25) is 5.91 Å². The largest absolute Gasteiger partial charge is 0.481 e. The van der Waals surface area contributed by atoms with Crippen molar-refractivity contribution in [3.05, 3.63) is 12.2 Å². The second kappa shape index (κ2) is 8.86. The van der Waals surface area contributed by atoms with E-state index < -0.39 is 11.9 Å². The van der Waals surface area contributed by atoms with Crippen molar-refractivity contribution in [2.45, 2.75) is 83.1 Å². The fraction of sp³-hybridized carbons (Fsp3) is 0.810. The average Bonchev–Trinajstić information content (AvgIpc) is 3.18. The Morgan fingerprint density at radius 2 is 1.24 bits per heavy atom. The normalized spacial score (nSPS) is 34.2. The Morgan fingerprint density at radius 3 is 1.76 bits per heavy atom. The summed E-state index contributed by atoms with van der Waals surface area (Å²) < 4.78 is 0. The summed E-state index contributed by atoms with van der Waals surface area (Å²) in [6, 6.07) is 0.226. The van der Waals surface area contributed by atoms with Crippen molar-refractivity contribution in [2.75, 3.05) is 0 Å². The highest BCUT2D eigenvalue weighted by molar-refractivity contribution is 5.87. The van der Waals surface area contributed by atoms with Gasteiger partial charge in [0.05, 0.1) is 11.8 Å². The van der Waals surface area contributed by atoms with Crippen molar-refractivity contribution >= 4 is 11.9 Å². The fourth-order valence-electron chi connectivity index (χ4n) is 5.12. The highest BCUT2D eigenvalue weighted by atomic mass is 16.4. The van der Waals surface area contributed by atoms with Gasteiger partial charge in [-0.3, -0.25) is 9.59 Å². The highest BCUT2D eigenvalue weighted by Gasteiger charge is 2.51. The molecule has 4 atom stereocenters. The number of fused-ring (bicyclic) bond motifs is 2. The Kier molecular flexibility index (Phi) is 6.55. The molecule has 25 heavy (non-hydrogen) atoms. The van der Waals surface area contributed by atoms with E-state index >= 15 is 0 Å². The number of carbonyl (C=O) groups is 2. The number of carbonyl (C=O) groups excluding carboxylic acids is 1. The number of carboxylic acids is 1. The zero-order valence-electron chi connectivity index (χ0n) is 15.3. The molecule has 3 aliphatic carbocycles. The molecule has 0 aliphatic heterocycles. The van der Waals surface area contributed by atoms with E-state index in [2.05, 4.69) is 11.4 Å². The molecule has 0 radical (unpaired) electrons. The Labute approximate surface area is 151 Å². The maximum absolute atomic E-state index is 12.9. The van der Waals surface area contributed by atoms with E-state index in [9.17, 15) is 14.7 Å². The second-order valence-corrected chi connectivity index (χ2v) is 8.30. The molecular weight excluding hydrogens is 314 g/mol. The number of rotatable bonds is 3. The third kappa shape index (κ3) is 4.65. The van der Waals surface area contributed by atoms with Crippen molar-refractivity contribution < 1.29 is 14.7 Å². The van der Waals surface area contributed by atoms with Crippen LogP contribution < -0.4 is 5.32 Å². The number of hydrogen-bond donors (Lipinski definition) is 2. The summed E-state index contributed by atoms with van der Waals surface area (Å²) in [5.74, 6) is -1.54. The minimum atomic E-state index is -0.810. The highest BCUT2D eigenvalue weighted by Crippen LogP contribution is 2.48. The quantitative estimate of drug-likeness (QED) is 0.748. The monoisotopic (exact) mass is 347 g/mol. The molecule has 4 nitrogen and oxygen atoms in total. The summed E-state index contributed by atoms with van der Waals surface area (Å²) in [6.45, 7) is 0. The lowest BCUT2D eigenvalue weighted by molar-refractivity contribution is -0.148. The predicted octanol–water partition coefficient (Wildman–Crippen LogP) is 4.30. The van der Waals surface area contributed by atoms with E-state index in [1.165, 1.54) is 57.8 Å². The first-order valence-corrected chi connectivity index (χ1v) is 10.4. The van der Waals surface area contributed by atoms with Crippen molar-refractivity contribution in [3.63, 3.8) is 0 Å². The SMILES string of the molecule is O=C(O)[C@H]1[C@H](C(=O)NC2CCCCCCCCCCC2)[C@H]2C=C[C@H]1C2. The molecule has 0 aromatic carbocycles. The molecule has 0 heterocycles. The van der Waals surface area contributed by atoms with E-state index in [0.29, 0.717) is 0 Å². The molecule has 4 heteroatoms. The van der Waals surface area contributed by atoms with Gasteiger partial charge >= 0.3 is 5.97 Å². The Morgan fingerprint density at radius 1 is 0.760 bits per heavy atom. The zero-order chi connectivity index (χ0) is 17.6. The molecule has 3 aliphatic rings. The molecule has 1 amide bonds. The van der Waals surface area contributed by atoms with Gasteiger partial charge in [0.15, 0.2) is 0 Å². The van der Waals surface area contributed by atoms with Crippen LogP contribution in [0.2, 0.25) is 0 Å². The smallest absolute Gasteiger partial charge is 0.307 e. The summed E-state index contributed by atoms with van der Waals surface area (Å²) in [6.07, 6.45) is 18.5. The molecule has 2 N–H and O–H groups in total. The van der Waals surface area contributed by atoms with Crippen molar-refractivity contribution in [3.8, 4) is 0 Å². The van der Waals surface area contributed by atoms with E-state index in [4.69, 9.17) is 0 Å². The third-order valence-electron chi connectivity index (χ3n) is 6.50. The van der Waals surface area contributed by atoms with Gasteiger partial charge in [-0.1, -0.05) is 69.9 Å². The molecule has 0 aromatic rings. The number of hydrogen-bond acceptors (Lipinski definition) is 2. The van der Waals surface area contributed by atoms with Crippen molar-refractivity contribution in [2.24, 2.45) is 23.7 Å². The standard InChI is InChI=1S/C21H33NO3/c23-20(18-15-12-13-16(14-15)19(18)21(24)25)22-17-10-8-6-4-2-1-3-5-7-9-11-17/h12-13,15-19H,1-11,14H2,(H,22,23)(H,24,25)/t15-,16-,18+,19+/m0/s1. The van der Waals surface area contributed by atoms with Gasteiger partial charge in [-0.25, -0.2) is 0 Å². The van der Waals surface area contributed by atoms with Gasteiger partial charge in [-0.05, 0) is 31.1 Å². The molecule has 0 aromatic heterocycles. The van der Waals surface area contributed by atoms with Crippen LogP contribution in [0.3, 0.4) is 0 Å². The molecule has 2 saturated carbocycles. The molecule has 2 fully saturated rings. The van der Waals surface area contributed by atoms with Crippen LogP contribution in [-0.2, 0) is 9.59 Å². The van der Waals surface area contributed by atoms with Crippen LogP contribution >= 0.6 is 0 Å². The van der Waals surface area contributed by atoms with Crippen LogP contribution in [0.4, 0.5) is 0 Å². The number of carboxylic acid groups (broad SMARTS) is 1. The minimum Gasteiger partial charge on any atom is -0.481 e. The van der Waals surface area contributed by atoms with E-state index in [1.54, 1.807) is 0 Å². The maximum Gasteiger partial charge on any atom is 0.307 e. The molecule has 140 valence electrons. The van der Waals surface area contributed by atoms with E-state index in [0.717, 1.165) is 19.3 Å². The van der Waals surface area contributed by atoms with Gasteiger partial charge in [-0.2, -0.15) is 0 Å². The van der Waals surface area contributed by atoms with Crippen molar-refractivity contribution in [1.29, 1.82) is 0 Å². The van der Waals surface area contributed by atoms with Crippen LogP contribution in [0, 0.1) is 23.7 Å². The number of amides is 1. The Bertz CT molecular complexity index is 489. The summed E-state index contributed by atoms with van der Waals surface area (Å²) in [4.78, 5) is 24.5. The van der Waals surface area contributed by atoms with Crippen LogP contribution in [0.15, 0.2) is 12.2 Å². The van der Waals surface area contributed by atoms with Gasteiger partial charge in [-0.15, -0.1) is 0 Å². The van der Waals surface area contributed by atoms with Gasteiger partial charge < -0.3 is 10.4 Å². The first kappa shape index (κ1) is 18.5. The van der Waals surface area contributed by atoms with Crippen LogP contribution in [0.25, 0.3) is 0 Å². The molecular formula is C21H33NO3. The summed E-state index contributed by atoms with van der Waals surface area (Å²) >= 11 is 0. The van der Waals surface area contributed by atoms with Crippen molar-refractivity contribution in [1.82, 2.24) is 5.32 Å². The number of aliphatic carboxylic acids is 1. The van der Waals surface area contributed by atoms with Crippen LogP contribution in [0.5, 0.6) is 0 Å². The van der Waals surface area contributed by atoms with Crippen LogP contribution in [-0.4, -0.2) is 23.0 Å². The fourth-order valence-corrected chi connectivity index (χ4v) is 5.12. The molecule has 0 saturated heterocycles. The summed E-state index contributed by atoms with van der Waals surface area (Å²) in [5.41, 5.74) is 0. The number of nitrogens with one attached hydrogen (secondary N) is 1. The maximum atomic E-state index is 12.9. The summed E-state index contributed by atoms with van der Waals surface area (Å²) in [5, 5.41) is 12.8. The summed E-state index contributed by atoms with van der Waals surface area (Å²) in [7, 11) is 0. The topological polar surface area (TPSA) is 66.4 Å². The Hall–Kier alpha value is -1.32. The van der Waals surface area contributed by atoms with Crippen LogP contribution in [0.1, 0.15) is 77.0 Å². The molecule has 3 rings (SSSR count). The average molecular weight is 347 g/mol. The van der Waals surface area contributed by atoms with E-state index in [1.807, 2.05) is 6.08 Å². The van der Waals surface area contributed by atoms with Gasteiger partial charge in [0.25, 0.3) is 0 Å². The van der Waals surface area contributed by atoms with E-state index in [-0.39, 0.29) is 29.7 Å². The first-order valence-electron chi connectivity index (χ1n) is 10.4. The minimum absolute atomic E-state index is 0.0126. The lowest BCUT2D eigenvalue weighted by Gasteiger charge is -2.27. The first-order chi connectivity index (χ1) is 12.2. The molecule has 0 unspecified atom stereocenters. The second-order valence-electron chi connectivity index (χ2n) is 8.30. The predicted molar refractivity (Wildman–Crippen MR) is 98.1 cm³/mol. The molecule has 2 bridgehead atoms. The Balaban J connectivity index is 1.57.